The van der Waals surface area contributed by atoms with E-state index in [0.717, 1.165) is 21.9 Å². The van der Waals surface area contributed by atoms with Gasteiger partial charge in [0.1, 0.15) is 5.75 Å². The first-order valence-corrected chi connectivity index (χ1v) is 8.75. The Morgan fingerprint density at radius 3 is 2.70 bits per heavy atom. The van der Waals surface area contributed by atoms with Crippen molar-refractivity contribution in [3.63, 3.8) is 0 Å². The second-order valence-corrected chi connectivity index (χ2v) is 6.45. The zero-order chi connectivity index (χ0) is 16.8. The van der Waals surface area contributed by atoms with E-state index in [4.69, 9.17) is 4.74 Å². The lowest BCUT2D eigenvalue weighted by Gasteiger charge is -2.14. The molecule has 1 heterocycles. The second kappa shape index (κ2) is 8.02. The summed E-state index contributed by atoms with van der Waals surface area (Å²) in [5.41, 5.74) is 2.89. The number of ether oxygens (including phenoxy) is 1. The molecule has 0 unspecified atom stereocenters. The molecule has 2 rings (SSSR count). The van der Waals surface area contributed by atoms with Crippen molar-refractivity contribution >= 4 is 23.4 Å². The molecule has 0 saturated carbocycles. The fourth-order valence-corrected chi connectivity index (χ4v) is 2.52. The second-order valence-electron chi connectivity index (χ2n) is 5.62. The Kier molecular flexibility index (Phi) is 6.04. The van der Waals surface area contributed by atoms with Crippen LogP contribution in [0.1, 0.15) is 30.9 Å². The number of nitrogens with zero attached hydrogens (tertiary/aromatic N) is 1. The predicted octanol–water partition coefficient (Wildman–Crippen LogP) is 4.25. The smallest absolute Gasteiger partial charge is 0.262 e. The van der Waals surface area contributed by atoms with E-state index in [1.807, 2.05) is 31.4 Å². The van der Waals surface area contributed by atoms with Crippen LogP contribution in [0.25, 0.3) is 0 Å². The van der Waals surface area contributed by atoms with Crippen LogP contribution in [-0.2, 0) is 4.79 Å². The number of aromatic nitrogens is 1. The quantitative estimate of drug-likeness (QED) is 0.804. The van der Waals surface area contributed by atoms with Crippen LogP contribution < -0.4 is 10.1 Å². The van der Waals surface area contributed by atoms with Crippen molar-refractivity contribution in [1.82, 2.24) is 4.98 Å². The number of carbonyl (C=O) groups excluding carboxylic acids is 1. The predicted molar refractivity (Wildman–Crippen MR) is 95.4 cm³/mol. The zero-order valence-electron chi connectivity index (χ0n) is 13.9. The molecule has 0 aliphatic rings. The topological polar surface area (TPSA) is 51.2 Å². The minimum Gasteiger partial charge on any atom is -0.483 e. The van der Waals surface area contributed by atoms with Crippen LogP contribution in [0.15, 0.2) is 41.6 Å². The summed E-state index contributed by atoms with van der Waals surface area (Å²) in [6, 6.07) is 9.79. The summed E-state index contributed by atoms with van der Waals surface area (Å²) in [7, 11) is 0. The summed E-state index contributed by atoms with van der Waals surface area (Å²) < 4.78 is 5.72. The van der Waals surface area contributed by atoms with Crippen LogP contribution in [0, 0.1) is 6.92 Å². The Labute approximate surface area is 141 Å². The molecule has 1 aromatic heterocycles. The van der Waals surface area contributed by atoms with Crippen molar-refractivity contribution in [2.45, 2.75) is 31.7 Å². The first kappa shape index (κ1) is 17.3. The minimum absolute atomic E-state index is 0.0204. The average Bonchev–Trinajstić information content (AvgIpc) is 2.53. The van der Waals surface area contributed by atoms with E-state index in [2.05, 4.69) is 36.3 Å². The van der Waals surface area contributed by atoms with E-state index in [-0.39, 0.29) is 12.5 Å². The van der Waals surface area contributed by atoms with E-state index in [9.17, 15) is 4.79 Å². The fraction of sp³-hybridized carbons (Fsp3) is 0.333. The number of hydrogen-bond donors (Lipinski definition) is 1. The first-order valence-electron chi connectivity index (χ1n) is 7.53. The standard InChI is InChI=1S/C18H22N2O2S/c1-12(2)15-7-5-13(3)9-16(15)22-11-17(21)20-14-6-8-18(23-4)19-10-14/h5-10,12H,11H2,1-4H3,(H,20,21). The Morgan fingerprint density at radius 2 is 2.09 bits per heavy atom. The normalized spacial score (nSPS) is 10.7. The number of aryl methyl sites for hydroxylation is 1. The lowest BCUT2D eigenvalue weighted by Crippen LogP contribution is -2.20. The Morgan fingerprint density at radius 1 is 1.30 bits per heavy atom. The third-order valence-electron chi connectivity index (χ3n) is 3.38. The molecule has 0 aliphatic carbocycles. The number of pyridine rings is 1. The molecule has 0 atom stereocenters. The highest BCUT2D eigenvalue weighted by atomic mass is 32.2. The molecule has 122 valence electrons. The number of rotatable bonds is 6. The summed E-state index contributed by atoms with van der Waals surface area (Å²) >= 11 is 1.56. The lowest BCUT2D eigenvalue weighted by molar-refractivity contribution is -0.118. The number of nitrogens with one attached hydrogen (secondary N) is 1. The van der Waals surface area contributed by atoms with Crippen LogP contribution in [0.2, 0.25) is 0 Å². The van der Waals surface area contributed by atoms with Gasteiger partial charge in [0.25, 0.3) is 5.91 Å². The van der Waals surface area contributed by atoms with Crippen molar-refractivity contribution in [2.75, 3.05) is 18.2 Å². The Hall–Kier alpha value is -2.01. The van der Waals surface area contributed by atoms with Gasteiger partial charge in [-0.1, -0.05) is 26.0 Å². The van der Waals surface area contributed by atoms with Gasteiger partial charge in [-0.3, -0.25) is 4.79 Å². The van der Waals surface area contributed by atoms with Gasteiger partial charge in [-0.25, -0.2) is 4.98 Å². The molecule has 1 aromatic carbocycles. The molecule has 0 saturated heterocycles. The van der Waals surface area contributed by atoms with Gasteiger partial charge < -0.3 is 10.1 Å². The van der Waals surface area contributed by atoms with Gasteiger partial charge in [0.15, 0.2) is 6.61 Å². The van der Waals surface area contributed by atoms with Gasteiger partial charge in [0.2, 0.25) is 0 Å². The highest BCUT2D eigenvalue weighted by molar-refractivity contribution is 7.98. The van der Waals surface area contributed by atoms with E-state index >= 15 is 0 Å². The highest BCUT2D eigenvalue weighted by Crippen LogP contribution is 2.27. The Balaban J connectivity index is 1.97. The summed E-state index contributed by atoms with van der Waals surface area (Å²) in [6.45, 7) is 6.20. The van der Waals surface area contributed by atoms with Gasteiger partial charge in [-0.05, 0) is 48.4 Å². The molecule has 23 heavy (non-hydrogen) atoms. The van der Waals surface area contributed by atoms with Crippen molar-refractivity contribution in [1.29, 1.82) is 0 Å². The van der Waals surface area contributed by atoms with Crippen molar-refractivity contribution in [3.8, 4) is 5.75 Å². The van der Waals surface area contributed by atoms with Crippen LogP contribution in [0.5, 0.6) is 5.75 Å². The SMILES string of the molecule is CSc1ccc(NC(=O)COc2cc(C)ccc2C(C)C)cn1. The molecule has 5 heteroatoms. The summed E-state index contributed by atoms with van der Waals surface area (Å²) in [5, 5.41) is 3.71. The van der Waals surface area contributed by atoms with E-state index in [1.165, 1.54) is 0 Å². The number of thioether (sulfide) groups is 1. The van der Waals surface area contributed by atoms with E-state index in [0.29, 0.717) is 11.6 Å². The average molecular weight is 330 g/mol. The molecule has 1 amide bonds. The minimum atomic E-state index is -0.195. The molecular formula is C18H22N2O2S. The van der Waals surface area contributed by atoms with Crippen molar-refractivity contribution in [3.05, 3.63) is 47.7 Å². The summed E-state index contributed by atoms with van der Waals surface area (Å²) in [4.78, 5) is 16.3. The zero-order valence-corrected chi connectivity index (χ0v) is 14.7. The molecule has 0 aliphatic heterocycles. The Bertz CT molecular complexity index is 669. The van der Waals surface area contributed by atoms with E-state index < -0.39 is 0 Å². The molecule has 1 N–H and O–H groups in total. The van der Waals surface area contributed by atoms with Gasteiger partial charge in [-0.2, -0.15) is 0 Å². The first-order chi connectivity index (χ1) is 11.0. The fourth-order valence-electron chi connectivity index (χ4n) is 2.16. The van der Waals surface area contributed by atoms with Gasteiger partial charge in [-0.15, -0.1) is 11.8 Å². The van der Waals surface area contributed by atoms with Crippen LogP contribution in [-0.4, -0.2) is 23.8 Å². The van der Waals surface area contributed by atoms with Gasteiger partial charge >= 0.3 is 0 Å². The maximum atomic E-state index is 12.0. The highest BCUT2D eigenvalue weighted by Gasteiger charge is 2.10. The molecule has 0 fully saturated rings. The number of anilines is 1. The van der Waals surface area contributed by atoms with Gasteiger partial charge in [0.05, 0.1) is 16.9 Å². The number of benzene rings is 1. The number of amides is 1. The monoisotopic (exact) mass is 330 g/mol. The summed E-state index contributed by atoms with van der Waals surface area (Å²) in [5.74, 6) is 0.919. The lowest BCUT2D eigenvalue weighted by atomic mass is 10.0. The maximum Gasteiger partial charge on any atom is 0.262 e. The summed E-state index contributed by atoms with van der Waals surface area (Å²) in [6.07, 6.45) is 3.61. The number of carbonyl (C=O) groups is 1. The van der Waals surface area contributed by atoms with Crippen molar-refractivity contribution in [2.24, 2.45) is 0 Å². The molecule has 4 nitrogen and oxygen atoms in total. The molecule has 0 radical (unpaired) electrons. The van der Waals surface area contributed by atoms with Crippen LogP contribution in [0.3, 0.4) is 0 Å². The van der Waals surface area contributed by atoms with Crippen LogP contribution >= 0.6 is 11.8 Å². The third kappa shape index (κ3) is 4.99. The molecule has 0 spiro atoms. The van der Waals surface area contributed by atoms with E-state index in [1.54, 1.807) is 18.0 Å². The van der Waals surface area contributed by atoms with Crippen molar-refractivity contribution < 1.29 is 9.53 Å². The number of hydrogen-bond acceptors (Lipinski definition) is 4. The van der Waals surface area contributed by atoms with Gasteiger partial charge in [0, 0.05) is 0 Å². The molecular weight excluding hydrogens is 308 g/mol. The third-order valence-corrected chi connectivity index (χ3v) is 4.04. The molecule has 0 bridgehead atoms. The molecule has 2 aromatic rings. The van der Waals surface area contributed by atoms with Crippen LogP contribution in [0.4, 0.5) is 5.69 Å². The largest absolute Gasteiger partial charge is 0.483 e. The maximum absolute atomic E-state index is 12.0.